The second-order valence-corrected chi connectivity index (χ2v) is 3.70. The molecule has 0 bridgehead atoms. The maximum atomic E-state index is 5.99. The Hall–Kier alpha value is -0.730. The average molecular weight is 214 g/mol. The highest BCUT2D eigenvalue weighted by Crippen LogP contribution is 2.28. The first-order valence-electron chi connectivity index (χ1n) is 4.78. The molecule has 1 atom stereocenters. The highest BCUT2D eigenvalue weighted by molar-refractivity contribution is 6.32. The Kier molecular flexibility index (Phi) is 4.23. The lowest BCUT2D eigenvalue weighted by molar-refractivity contribution is 0.414. The number of hydrogen-bond donors (Lipinski definition) is 1. The van der Waals surface area contributed by atoms with E-state index in [2.05, 4.69) is 6.92 Å². The van der Waals surface area contributed by atoms with Crippen molar-refractivity contribution in [2.24, 2.45) is 5.73 Å². The summed E-state index contributed by atoms with van der Waals surface area (Å²) in [5.74, 6) is 0.694. The van der Waals surface area contributed by atoms with Gasteiger partial charge in [-0.15, -0.1) is 0 Å². The van der Waals surface area contributed by atoms with Gasteiger partial charge in [-0.2, -0.15) is 0 Å². The zero-order chi connectivity index (χ0) is 10.6. The van der Waals surface area contributed by atoms with Crippen LogP contribution in [0.2, 0.25) is 5.02 Å². The molecular weight excluding hydrogens is 198 g/mol. The number of benzene rings is 1. The fourth-order valence-electron chi connectivity index (χ4n) is 1.39. The molecule has 0 aliphatic rings. The minimum Gasteiger partial charge on any atom is -0.495 e. The van der Waals surface area contributed by atoms with Crippen LogP contribution in [0.3, 0.4) is 0 Å². The molecule has 14 heavy (non-hydrogen) atoms. The Morgan fingerprint density at radius 2 is 2.21 bits per heavy atom. The number of rotatable bonds is 4. The second-order valence-electron chi connectivity index (χ2n) is 3.29. The van der Waals surface area contributed by atoms with Crippen molar-refractivity contribution in [3.8, 4) is 5.75 Å². The maximum absolute atomic E-state index is 5.99. The highest BCUT2D eigenvalue weighted by Gasteiger charge is 2.07. The first-order valence-corrected chi connectivity index (χ1v) is 5.15. The van der Waals surface area contributed by atoms with Gasteiger partial charge in [-0.05, 0) is 24.1 Å². The van der Waals surface area contributed by atoms with Crippen molar-refractivity contribution in [2.75, 3.05) is 7.11 Å². The number of nitrogens with two attached hydrogens (primary N) is 1. The van der Waals surface area contributed by atoms with E-state index in [-0.39, 0.29) is 6.04 Å². The molecule has 1 rings (SSSR count). The second kappa shape index (κ2) is 5.23. The molecule has 0 unspecified atom stereocenters. The first-order chi connectivity index (χ1) is 6.69. The van der Waals surface area contributed by atoms with Crippen molar-refractivity contribution in [2.45, 2.75) is 25.8 Å². The van der Waals surface area contributed by atoms with Crippen molar-refractivity contribution < 1.29 is 4.74 Å². The van der Waals surface area contributed by atoms with E-state index in [1.165, 1.54) is 0 Å². The Labute approximate surface area is 90.0 Å². The topological polar surface area (TPSA) is 35.2 Å². The van der Waals surface area contributed by atoms with Gasteiger partial charge in [0.2, 0.25) is 0 Å². The van der Waals surface area contributed by atoms with Gasteiger partial charge in [0.15, 0.2) is 0 Å². The molecule has 3 heteroatoms. The highest BCUT2D eigenvalue weighted by atomic mass is 35.5. The number of methoxy groups -OCH3 is 1. The molecule has 78 valence electrons. The Bertz CT molecular complexity index is 301. The van der Waals surface area contributed by atoms with Crippen LogP contribution >= 0.6 is 11.6 Å². The van der Waals surface area contributed by atoms with Crippen LogP contribution in [0.5, 0.6) is 5.75 Å². The lowest BCUT2D eigenvalue weighted by Gasteiger charge is -2.12. The van der Waals surface area contributed by atoms with Crippen LogP contribution in [-0.2, 0) is 0 Å². The van der Waals surface area contributed by atoms with E-state index in [0.29, 0.717) is 10.8 Å². The first kappa shape index (κ1) is 11.3. The molecule has 0 saturated heterocycles. The number of ether oxygens (including phenoxy) is 1. The fraction of sp³-hybridized carbons (Fsp3) is 0.455. The molecule has 0 radical (unpaired) electrons. The third-order valence-corrected chi connectivity index (χ3v) is 2.50. The van der Waals surface area contributed by atoms with Crippen LogP contribution in [0.4, 0.5) is 0 Å². The van der Waals surface area contributed by atoms with E-state index in [0.717, 1.165) is 18.4 Å². The van der Waals surface area contributed by atoms with E-state index in [9.17, 15) is 0 Å². The molecule has 0 spiro atoms. The van der Waals surface area contributed by atoms with Crippen LogP contribution in [0.15, 0.2) is 18.2 Å². The smallest absolute Gasteiger partial charge is 0.137 e. The molecule has 0 amide bonds. The zero-order valence-electron chi connectivity index (χ0n) is 8.59. The number of hydrogen-bond acceptors (Lipinski definition) is 2. The summed E-state index contributed by atoms with van der Waals surface area (Å²) in [4.78, 5) is 0. The van der Waals surface area contributed by atoms with E-state index in [1.807, 2.05) is 18.2 Å². The van der Waals surface area contributed by atoms with Gasteiger partial charge >= 0.3 is 0 Å². The van der Waals surface area contributed by atoms with Gasteiger partial charge in [0.25, 0.3) is 0 Å². The van der Waals surface area contributed by atoms with Crippen molar-refractivity contribution in [3.05, 3.63) is 28.8 Å². The lowest BCUT2D eigenvalue weighted by atomic mass is 10.0. The van der Waals surface area contributed by atoms with E-state index >= 15 is 0 Å². The van der Waals surface area contributed by atoms with Crippen LogP contribution in [0, 0.1) is 0 Å². The summed E-state index contributed by atoms with van der Waals surface area (Å²) in [6.07, 6.45) is 2.05. The molecule has 0 aliphatic carbocycles. The predicted octanol–water partition coefficient (Wildman–Crippen LogP) is 3.15. The lowest BCUT2D eigenvalue weighted by Crippen LogP contribution is -2.09. The SMILES string of the molecule is CCC[C@H](N)c1ccc(OC)c(Cl)c1. The van der Waals surface area contributed by atoms with Crippen molar-refractivity contribution in [1.82, 2.24) is 0 Å². The summed E-state index contributed by atoms with van der Waals surface area (Å²) < 4.78 is 5.07. The largest absolute Gasteiger partial charge is 0.495 e. The summed E-state index contributed by atoms with van der Waals surface area (Å²) in [5, 5.41) is 0.622. The van der Waals surface area contributed by atoms with Crippen molar-refractivity contribution in [3.63, 3.8) is 0 Å². The third-order valence-electron chi connectivity index (χ3n) is 2.20. The molecule has 1 aromatic carbocycles. The maximum Gasteiger partial charge on any atom is 0.137 e. The minimum atomic E-state index is 0.0726. The van der Waals surface area contributed by atoms with Gasteiger partial charge in [-0.25, -0.2) is 0 Å². The quantitative estimate of drug-likeness (QED) is 0.834. The summed E-state index contributed by atoms with van der Waals surface area (Å²) >= 11 is 5.99. The Morgan fingerprint density at radius 1 is 1.50 bits per heavy atom. The van der Waals surface area contributed by atoms with Gasteiger partial charge in [0.1, 0.15) is 5.75 Å². The molecule has 0 aromatic heterocycles. The normalized spacial score (nSPS) is 12.6. The molecule has 1 aromatic rings. The molecule has 0 heterocycles. The van der Waals surface area contributed by atoms with E-state index < -0.39 is 0 Å². The van der Waals surface area contributed by atoms with Crippen molar-refractivity contribution in [1.29, 1.82) is 0 Å². The van der Waals surface area contributed by atoms with Gasteiger partial charge in [-0.1, -0.05) is 31.0 Å². The zero-order valence-corrected chi connectivity index (χ0v) is 9.34. The summed E-state index contributed by atoms with van der Waals surface area (Å²) in [6.45, 7) is 2.12. The van der Waals surface area contributed by atoms with Crippen LogP contribution in [0.25, 0.3) is 0 Å². The monoisotopic (exact) mass is 213 g/mol. The van der Waals surface area contributed by atoms with Crippen molar-refractivity contribution >= 4 is 11.6 Å². The van der Waals surface area contributed by atoms with Crippen LogP contribution < -0.4 is 10.5 Å². The van der Waals surface area contributed by atoms with E-state index in [4.69, 9.17) is 22.1 Å². The van der Waals surface area contributed by atoms with Crippen LogP contribution in [-0.4, -0.2) is 7.11 Å². The molecule has 0 fully saturated rings. The van der Waals surface area contributed by atoms with Gasteiger partial charge in [0.05, 0.1) is 12.1 Å². The molecule has 0 aliphatic heterocycles. The summed E-state index contributed by atoms with van der Waals surface area (Å²) in [6, 6.07) is 5.77. The standard InChI is InChI=1S/C11H16ClNO/c1-3-4-10(13)8-5-6-11(14-2)9(12)7-8/h5-7,10H,3-4,13H2,1-2H3/t10-/m0/s1. The van der Waals surface area contributed by atoms with Gasteiger partial charge in [0, 0.05) is 6.04 Å². The number of halogens is 1. The van der Waals surface area contributed by atoms with E-state index in [1.54, 1.807) is 7.11 Å². The molecule has 2 nitrogen and oxygen atoms in total. The Balaban J connectivity index is 2.85. The molecule has 2 N–H and O–H groups in total. The van der Waals surface area contributed by atoms with Gasteiger partial charge in [-0.3, -0.25) is 0 Å². The summed E-state index contributed by atoms with van der Waals surface area (Å²) in [7, 11) is 1.60. The molecular formula is C11H16ClNO. The average Bonchev–Trinajstić information content (AvgIpc) is 2.18. The van der Waals surface area contributed by atoms with Crippen LogP contribution in [0.1, 0.15) is 31.4 Å². The Morgan fingerprint density at radius 3 is 2.71 bits per heavy atom. The molecule has 0 saturated carbocycles. The summed E-state index contributed by atoms with van der Waals surface area (Å²) in [5.41, 5.74) is 7.03. The fourth-order valence-corrected chi connectivity index (χ4v) is 1.66. The predicted molar refractivity (Wildman–Crippen MR) is 59.8 cm³/mol. The minimum absolute atomic E-state index is 0.0726. The third kappa shape index (κ3) is 2.63. The van der Waals surface area contributed by atoms with Gasteiger partial charge < -0.3 is 10.5 Å².